The summed E-state index contributed by atoms with van der Waals surface area (Å²) in [4.78, 5) is 39.0. The van der Waals surface area contributed by atoms with Crippen LogP contribution >= 0.6 is 0 Å². The molecule has 0 unspecified atom stereocenters. The Bertz CT molecular complexity index is 1320. The fourth-order valence-corrected chi connectivity index (χ4v) is 5.24. The number of carbonyl (C=O) groups is 2. The molecule has 2 amide bonds. The summed E-state index contributed by atoms with van der Waals surface area (Å²) < 4.78 is 0. The third-order valence-corrected chi connectivity index (χ3v) is 7.39. The highest BCUT2D eigenvalue weighted by atomic mass is 16.2. The van der Waals surface area contributed by atoms with Gasteiger partial charge in [0.25, 0.3) is 11.8 Å². The van der Waals surface area contributed by atoms with Crippen molar-refractivity contribution < 1.29 is 9.59 Å². The summed E-state index contributed by atoms with van der Waals surface area (Å²) >= 11 is 0. The van der Waals surface area contributed by atoms with E-state index in [1.807, 2.05) is 55.5 Å². The molecular weight excluding hydrogens is 464 g/mol. The number of rotatable bonds is 7. The lowest BCUT2D eigenvalue weighted by Crippen LogP contribution is -2.44. The molecule has 3 heterocycles. The van der Waals surface area contributed by atoms with Gasteiger partial charge in [0.1, 0.15) is 11.9 Å². The summed E-state index contributed by atoms with van der Waals surface area (Å²) in [6.45, 7) is 7.10. The number of nitrogens with one attached hydrogen (secondary N) is 2. The molecule has 0 bridgehead atoms. The van der Waals surface area contributed by atoms with Crippen LogP contribution in [0, 0.1) is 11.3 Å². The Balaban J connectivity index is 1.40. The Morgan fingerprint density at radius 1 is 1.11 bits per heavy atom. The molecule has 0 radical (unpaired) electrons. The summed E-state index contributed by atoms with van der Waals surface area (Å²) in [6.07, 6.45) is 4.69. The van der Waals surface area contributed by atoms with Crippen LogP contribution < -0.4 is 5.32 Å². The molecule has 2 aromatic carbocycles. The van der Waals surface area contributed by atoms with Crippen molar-refractivity contribution in [3.63, 3.8) is 0 Å². The van der Waals surface area contributed by atoms with Gasteiger partial charge in [0.05, 0.1) is 18.3 Å². The molecule has 190 valence electrons. The van der Waals surface area contributed by atoms with E-state index >= 15 is 0 Å². The highest BCUT2D eigenvalue weighted by molar-refractivity contribution is 6.08. The smallest absolute Gasteiger partial charge is 0.260 e. The molecule has 2 aliphatic heterocycles. The first kappa shape index (κ1) is 24.6. The molecule has 0 spiro atoms. The number of carbonyl (C=O) groups excluding carboxylic acids is 2. The largest absolute Gasteiger partial charge is 0.338 e. The quantitative estimate of drug-likeness (QED) is 0.505. The predicted molar refractivity (Wildman–Crippen MR) is 140 cm³/mol. The van der Waals surface area contributed by atoms with Crippen molar-refractivity contribution in [2.24, 2.45) is 5.92 Å². The zero-order valence-electron chi connectivity index (χ0n) is 21.4. The van der Waals surface area contributed by atoms with Crippen LogP contribution in [0.4, 0.5) is 0 Å². The van der Waals surface area contributed by atoms with Crippen molar-refractivity contribution in [3.05, 3.63) is 95.1 Å². The van der Waals surface area contributed by atoms with Gasteiger partial charge in [0.2, 0.25) is 0 Å². The van der Waals surface area contributed by atoms with Gasteiger partial charge < -0.3 is 10.2 Å². The molecular formula is C29H32N6O2. The molecule has 1 saturated heterocycles. The molecule has 0 saturated carbocycles. The molecule has 8 nitrogen and oxygen atoms in total. The Kier molecular flexibility index (Phi) is 6.50. The second kappa shape index (κ2) is 9.76. The molecule has 2 atom stereocenters. The maximum Gasteiger partial charge on any atom is 0.260 e. The van der Waals surface area contributed by atoms with Gasteiger partial charge in [0, 0.05) is 23.9 Å². The van der Waals surface area contributed by atoms with Crippen molar-refractivity contribution in [1.29, 1.82) is 5.41 Å². The van der Waals surface area contributed by atoms with Gasteiger partial charge in [-0.2, -0.15) is 0 Å². The van der Waals surface area contributed by atoms with Gasteiger partial charge in [-0.3, -0.25) is 19.9 Å². The maximum absolute atomic E-state index is 14.1. The number of hydrogen-bond acceptors (Lipinski definition) is 5. The van der Waals surface area contributed by atoms with E-state index in [0.29, 0.717) is 31.0 Å². The highest BCUT2D eigenvalue weighted by Crippen LogP contribution is 2.38. The van der Waals surface area contributed by atoms with Gasteiger partial charge >= 0.3 is 0 Å². The van der Waals surface area contributed by atoms with E-state index in [4.69, 9.17) is 5.41 Å². The standard InChI is InChI=1S/C29H32N6O2/c1-19(2)12-13-29(24-10-5-4-6-11-24)27(37)35(28(30)33-29)20(3)21-8-7-9-22(14-21)26(36)34-16-23-15-31-18-32-25(23)17-34/h4-11,14-15,18-20H,12-13,16-17H2,1-3H3,(H2,30,33)/t20-,29-/m1/s1. The third kappa shape index (κ3) is 4.48. The Labute approximate surface area is 217 Å². The number of nitrogens with zero attached hydrogens (tertiary/aromatic N) is 4. The fraction of sp³-hybridized carbons (Fsp3) is 0.345. The van der Waals surface area contributed by atoms with E-state index in [1.54, 1.807) is 17.2 Å². The minimum Gasteiger partial charge on any atom is -0.338 e. The molecule has 3 aromatic rings. The van der Waals surface area contributed by atoms with Crippen molar-refractivity contribution >= 4 is 17.8 Å². The summed E-state index contributed by atoms with van der Waals surface area (Å²) in [7, 11) is 0. The second-order valence-electron chi connectivity index (χ2n) is 10.3. The number of benzene rings is 2. The molecule has 37 heavy (non-hydrogen) atoms. The normalized spacial score (nSPS) is 19.8. The maximum atomic E-state index is 14.1. The Hall–Kier alpha value is -4.07. The lowest BCUT2D eigenvalue weighted by atomic mass is 9.83. The predicted octanol–water partition coefficient (Wildman–Crippen LogP) is 4.39. The van der Waals surface area contributed by atoms with Crippen LogP contribution in [0.3, 0.4) is 0 Å². The monoisotopic (exact) mass is 496 g/mol. The van der Waals surface area contributed by atoms with E-state index in [-0.39, 0.29) is 17.8 Å². The topological polar surface area (TPSA) is 102 Å². The fourth-order valence-electron chi connectivity index (χ4n) is 5.24. The lowest BCUT2D eigenvalue weighted by molar-refractivity contribution is -0.133. The first-order valence-electron chi connectivity index (χ1n) is 12.7. The van der Waals surface area contributed by atoms with E-state index in [2.05, 4.69) is 29.1 Å². The summed E-state index contributed by atoms with van der Waals surface area (Å²) in [6, 6.07) is 16.6. The SMILES string of the molecule is CC(C)CC[C@]1(c2ccccc2)NC(=N)N([C@H](C)c2cccc(C(=O)N3Cc4cncnc4C3)c2)C1=O. The van der Waals surface area contributed by atoms with Crippen molar-refractivity contribution in [2.75, 3.05) is 0 Å². The first-order chi connectivity index (χ1) is 17.8. The zero-order chi connectivity index (χ0) is 26.2. The van der Waals surface area contributed by atoms with Crippen LogP contribution in [-0.2, 0) is 23.4 Å². The first-order valence-corrected chi connectivity index (χ1v) is 12.7. The molecule has 8 heteroatoms. The van der Waals surface area contributed by atoms with E-state index in [9.17, 15) is 9.59 Å². The van der Waals surface area contributed by atoms with E-state index < -0.39 is 11.6 Å². The summed E-state index contributed by atoms with van der Waals surface area (Å²) in [5.74, 6) is 0.266. The summed E-state index contributed by atoms with van der Waals surface area (Å²) in [5.41, 5.74) is 3.06. The van der Waals surface area contributed by atoms with Gasteiger partial charge in [-0.05, 0) is 48.9 Å². The van der Waals surface area contributed by atoms with Crippen LogP contribution in [0.5, 0.6) is 0 Å². The number of amides is 2. The van der Waals surface area contributed by atoms with Gasteiger partial charge in [-0.15, -0.1) is 0 Å². The van der Waals surface area contributed by atoms with Gasteiger partial charge in [0.15, 0.2) is 5.96 Å². The van der Waals surface area contributed by atoms with Crippen LogP contribution in [0.1, 0.15) is 72.4 Å². The minimum absolute atomic E-state index is 0.0791. The number of aromatic nitrogens is 2. The van der Waals surface area contributed by atoms with E-state index in [1.165, 1.54) is 11.2 Å². The van der Waals surface area contributed by atoms with Gasteiger partial charge in [-0.25, -0.2) is 9.97 Å². The van der Waals surface area contributed by atoms with Crippen molar-refractivity contribution in [2.45, 2.75) is 58.3 Å². The number of guanidine groups is 1. The molecule has 0 aliphatic carbocycles. The molecule has 2 aliphatic rings. The van der Waals surface area contributed by atoms with Gasteiger partial charge in [-0.1, -0.05) is 56.3 Å². The number of hydrogen-bond donors (Lipinski definition) is 2. The average Bonchev–Trinajstić information content (AvgIpc) is 3.46. The van der Waals surface area contributed by atoms with Crippen molar-refractivity contribution in [1.82, 2.24) is 25.1 Å². The van der Waals surface area contributed by atoms with Crippen LogP contribution in [-0.4, -0.2) is 37.5 Å². The molecule has 1 fully saturated rings. The highest BCUT2D eigenvalue weighted by Gasteiger charge is 2.51. The Morgan fingerprint density at radius 2 is 1.89 bits per heavy atom. The van der Waals surface area contributed by atoms with Crippen LogP contribution in [0.2, 0.25) is 0 Å². The summed E-state index contributed by atoms with van der Waals surface area (Å²) in [5, 5.41) is 12.0. The zero-order valence-corrected chi connectivity index (χ0v) is 21.4. The van der Waals surface area contributed by atoms with Crippen molar-refractivity contribution in [3.8, 4) is 0 Å². The lowest BCUT2D eigenvalue weighted by Gasteiger charge is -2.30. The van der Waals surface area contributed by atoms with E-state index in [0.717, 1.165) is 28.8 Å². The average molecular weight is 497 g/mol. The second-order valence-corrected chi connectivity index (χ2v) is 10.3. The van der Waals surface area contributed by atoms with Crippen LogP contribution in [0.15, 0.2) is 67.1 Å². The molecule has 2 N–H and O–H groups in total. The molecule has 1 aromatic heterocycles. The minimum atomic E-state index is -0.979. The van der Waals surface area contributed by atoms with Crippen LogP contribution in [0.25, 0.3) is 0 Å². The molecule has 5 rings (SSSR count). The third-order valence-electron chi connectivity index (χ3n) is 7.39. The Morgan fingerprint density at radius 3 is 2.62 bits per heavy atom. The number of fused-ring (bicyclic) bond motifs is 1.